The van der Waals surface area contributed by atoms with Crippen LogP contribution in [0.3, 0.4) is 0 Å². The summed E-state index contributed by atoms with van der Waals surface area (Å²) >= 11 is 15.3. The highest BCUT2D eigenvalue weighted by molar-refractivity contribution is 9.10. The lowest BCUT2D eigenvalue weighted by Gasteiger charge is -2.49. The molecule has 2 fully saturated rings. The minimum absolute atomic E-state index is 0.0121. The minimum Gasteiger partial charge on any atom is -0.377 e. The van der Waals surface area contributed by atoms with E-state index in [2.05, 4.69) is 36.1 Å². The van der Waals surface area contributed by atoms with E-state index in [1.807, 2.05) is 0 Å². The number of halogens is 4. The van der Waals surface area contributed by atoms with Gasteiger partial charge in [0.05, 0.1) is 28.2 Å². The van der Waals surface area contributed by atoms with Gasteiger partial charge < -0.3 is 15.0 Å². The number of piperazine rings is 1. The van der Waals surface area contributed by atoms with E-state index in [4.69, 9.17) is 27.9 Å². The van der Waals surface area contributed by atoms with Crippen molar-refractivity contribution in [2.24, 2.45) is 0 Å². The summed E-state index contributed by atoms with van der Waals surface area (Å²) in [6.45, 7) is 3.55. The Hall–Kier alpha value is -0.730. The van der Waals surface area contributed by atoms with E-state index in [1.54, 1.807) is 6.07 Å². The van der Waals surface area contributed by atoms with Gasteiger partial charge in [-0.05, 0) is 33.6 Å². The molecule has 0 bridgehead atoms. The Bertz CT molecular complexity index is 802. The third kappa shape index (κ3) is 2.59. The summed E-state index contributed by atoms with van der Waals surface area (Å²) < 4.78 is 20.0. The molecule has 2 aliphatic heterocycles. The van der Waals surface area contributed by atoms with Crippen LogP contribution in [0, 0.1) is 5.82 Å². The summed E-state index contributed by atoms with van der Waals surface area (Å²) in [6, 6.07) is 1.67. The molecule has 1 N–H and O–H groups in total. The Morgan fingerprint density at radius 1 is 1.35 bits per heavy atom. The molecule has 0 saturated carbocycles. The van der Waals surface area contributed by atoms with Crippen LogP contribution in [0.5, 0.6) is 0 Å². The van der Waals surface area contributed by atoms with Gasteiger partial charge >= 0.3 is 0 Å². The molecule has 0 unspecified atom stereocenters. The number of rotatable bonds is 1. The molecule has 23 heavy (non-hydrogen) atoms. The quantitative estimate of drug-likeness (QED) is 0.566. The van der Waals surface area contributed by atoms with Gasteiger partial charge in [0, 0.05) is 25.0 Å². The highest BCUT2D eigenvalue weighted by Crippen LogP contribution is 2.36. The normalized spacial score (nSPS) is 20.1. The summed E-state index contributed by atoms with van der Waals surface area (Å²) in [7, 11) is 0. The highest BCUT2D eigenvalue weighted by atomic mass is 79.9. The van der Waals surface area contributed by atoms with Crippen LogP contribution in [0.4, 0.5) is 10.2 Å². The van der Waals surface area contributed by atoms with Crippen molar-refractivity contribution in [3.63, 3.8) is 0 Å². The molecule has 9 heteroatoms. The summed E-state index contributed by atoms with van der Waals surface area (Å²) in [6.07, 6.45) is 0. The number of benzene rings is 1. The van der Waals surface area contributed by atoms with Crippen molar-refractivity contribution in [3.05, 3.63) is 26.7 Å². The first-order valence-corrected chi connectivity index (χ1v) is 8.62. The fourth-order valence-corrected chi connectivity index (χ4v) is 3.71. The highest BCUT2D eigenvalue weighted by Gasteiger charge is 2.42. The average Bonchev–Trinajstić information content (AvgIpc) is 2.52. The predicted molar refractivity (Wildman–Crippen MR) is 91.0 cm³/mol. The number of aromatic nitrogens is 2. The number of hydrogen-bond donors (Lipinski definition) is 1. The summed E-state index contributed by atoms with van der Waals surface area (Å²) in [4.78, 5) is 10.4. The Labute approximate surface area is 150 Å². The lowest BCUT2D eigenvalue weighted by Crippen LogP contribution is -2.70. The maximum atomic E-state index is 14.5. The van der Waals surface area contributed by atoms with Gasteiger partial charge in [0.15, 0.2) is 5.82 Å². The Morgan fingerprint density at radius 2 is 2.13 bits per heavy atom. The first kappa shape index (κ1) is 15.8. The van der Waals surface area contributed by atoms with E-state index in [-0.39, 0.29) is 25.8 Å². The molecule has 1 spiro atoms. The van der Waals surface area contributed by atoms with Crippen molar-refractivity contribution in [1.29, 1.82) is 0 Å². The van der Waals surface area contributed by atoms with Gasteiger partial charge in [0.25, 0.3) is 0 Å². The second-order valence-corrected chi connectivity index (χ2v) is 7.36. The molecule has 0 radical (unpaired) electrons. The Kier molecular flexibility index (Phi) is 3.89. The molecule has 0 amide bonds. The van der Waals surface area contributed by atoms with Crippen LogP contribution in [-0.4, -0.2) is 48.4 Å². The first-order valence-electron chi connectivity index (χ1n) is 7.08. The molecule has 1 aromatic heterocycles. The average molecular weight is 422 g/mol. The molecule has 4 rings (SSSR count). The number of nitrogens with one attached hydrogen (secondary N) is 1. The zero-order chi connectivity index (χ0) is 16.2. The van der Waals surface area contributed by atoms with Crippen LogP contribution in [0.1, 0.15) is 0 Å². The molecule has 2 aromatic rings. The van der Waals surface area contributed by atoms with E-state index < -0.39 is 5.82 Å². The maximum Gasteiger partial charge on any atom is 0.225 e. The molecule has 0 aliphatic carbocycles. The van der Waals surface area contributed by atoms with E-state index in [0.29, 0.717) is 31.0 Å². The van der Waals surface area contributed by atoms with Gasteiger partial charge in [-0.25, -0.2) is 9.37 Å². The Morgan fingerprint density at radius 3 is 2.83 bits per heavy atom. The van der Waals surface area contributed by atoms with Crippen LogP contribution < -0.4 is 10.2 Å². The molecule has 122 valence electrons. The molecular formula is C14H12BrCl2FN4O. The van der Waals surface area contributed by atoms with Crippen molar-refractivity contribution in [2.45, 2.75) is 5.54 Å². The molecule has 1 aromatic carbocycles. The van der Waals surface area contributed by atoms with Crippen LogP contribution in [-0.2, 0) is 4.74 Å². The lowest BCUT2D eigenvalue weighted by atomic mass is 9.94. The SMILES string of the molecule is Fc1c(Br)c(Cl)cc2c(N3CCNC4(COC4)C3)nc(Cl)nc12. The zero-order valence-electron chi connectivity index (χ0n) is 11.9. The largest absolute Gasteiger partial charge is 0.377 e. The van der Waals surface area contributed by atoms with Gasteiger partial charge in [-0.2, -0.15) is 4.98 Å². The van der Waals surface area contributed by atoms with Crippen molar-refractivity contribution < 1.29 is 9.13 Å². The predicted octanol–water partition coefficient (Wildman–Crippen LogP) is 3.02. The third-order valence-electron chi connectivity index (χ3n) is 4.21. The van der Waals surface area contributed by atoms with Gasteiger partial charge in [0.1, 0.15) is 11.3 Å². The standard InChI is InChI=1S/C14H12BrCl2FN4O/c15-9-8(16)3-7-11(10(9)18)20-13(17)21-12(7)22-2-1-19-14(4-22)5-23-6-14/h3,19H,1-2,4-6H2. The van der Waals surface area contributed by atoms with Crippen molar-refractivity contribution in [1.82, 2.24) is 15.3 Å². The minimum atomic E-state index is -0.533. The van der Waals surface area contributed by atoms with Gasteiger partial charge in [-0.15, -0.1) is 0 Å². The van der Waals surface area contributed by atoms with Gasteiger partial charge in [0.2, 0.25) is 5.28 Å². The molecule has 3 heterocycles. The fourth-order valence-electron chi connectivity index (χ4n) is 3.05. The van der Waals surface area contributed by atoms with Crippen LogP contribution >= 0.6 is 39.1 Å². The Balaban J connectivity index is 1.86. The smallest absolute Gasteiger partial charge is 0.225 e. The summed E-state index contributed by atoms with van der Waals surface area (Å²) in [5.41, 5.74) is 0.0911. The topological polar surface area (TPSA) is 50.3 Å². The molecular weight excluding hydrogens is 410 g/mol. The number of nitrogens with zero attached hydrogens (tertiary/aromatic N) is 3. The second kappa shape index (κ2) is 5.67. The number of fused-ring (bicyclic) bond motifs is 1. The maximum absolute atomic E-state index is 14.5. The lowest BCUT2D eigenvalue weighted by molar-refractivity contribution is -0.0743. The molecule has 0 atom stereocenters. The van der Waals surface area contributed by atoms with Crippen molar-refractivity contribution >= 4 is 55.9 Å². The van der Waals surface area contributed by atoms with E-state index >= 15 is 0 Å². The monoisotopic (exact) mass is 420 g/mol. The first-order chi connectivity index (χ1) is 11.0. The molecule has 2 aliphatic rings. The summed E-state index contributed by atoms with van der Waals surface area (Å²) in [5, 5.41) is 4.32. The zero-order valence-corrected chi connectivity index (χ0v) is 15.0. The fraction of sp³-hybridized carbons (Fsp3) is 0.429. The third-order valence-corrected chi connectivity index (χ3v) is 5.68. The van der Waals surface area contributed by atoms with Crippen LogP contribution in [0.25, 0.3) is 10.9 Å². The number of anilines is 1. The van der Waals surface area contributed by atoms with Crippen molar-refractivity contribution in [2.75, 3.05) is 37.7 Å². The second-order valence-electron chi connectivity index (χ2n) is 5.82. The van der Waals surface area contributed by atoms with Crippen LogP contribution in [0.2, 0.25) is 10.3 Å². The molecule has 2 saturated heterocycles. The van der Waals surface area contributed by atoms with Crippen LogP contribution in [0.15, 0.2) is 10.5 Å². The number of ether oxygens (including phenoxy) is 1. The summed E-state index contributed by atoms with van der Waals surface area (Å²) in [5.74, 6) is 0.0657. The van der Waals surface area contributed by atoms with E-state index in [1.165, 1.54) is 0 Å². The van der Waals surface area contributed by atoms with E-state index in [0.717, 1.165) is 13.1 Å². The molecule has 5 nitrogen and oxygen atoms in total. The number of hydrogen-bond acceptors (Lipinski definition) is 5. The van der Waals surface area contributed by atoms with E-state index in [9.17, 15) is 4.39 Å². The van der Waals surface area contributed by atoms with Gasteiger partial charge in [-0.3, -0.25) is 0 Å². The van der Waals surface area contributed by atoms with Crippen molar-refractivity contribution in [3.8, 4) is 0 Å². The van der Waals surface area contributed by atoms with Gasteiger partial charge in [-0.1, -0.05) is 11.6 Å².